The van der Waals surface area contributed by atoms with E-state index in [9.17, 15) is 0 Å². The average molecular weight is 210 g/mol. The highest BCUT2D eigenvalue weighted by molar-refractivity contribution is 5.37. The van der Waals surface area contributed by atoms with E-state index in [1.54, 1.807) is 0 Å². The highest BCUT2D eigenvalue weighted by Gasteiger charge is 2.06. The second kappa shape index (κ2) is 5.16. The van der Waals surface area contributed by atoms with E-state index in [-0.39, 0.29) is 5.54 Å². The smallest absolute Gasteiger partial charge is 0.0726 e. The molecule has 0 spiro atoms. The van der Waals surface area contributed by atoms with Gasteiger partial charge in [-0.05, 0) is 27.7 Å². The quantitative estimate of drug-likeness (QED) is 0.727. The van der Waals surface area contributed by atoms with Gasteiger partial charge in [0.05, 0.1) is 11.9 Å². The molecule has 86 valence electrons. The fourth-order valence-corrected chi connectivity index (χ4v) is 1.27. The Hall–Kier alpha value is -1.03. The van der Waals surface area contributed by atoms with Crippen LogP contribution >= 0.6 is 0 Å². The molecule has 0 saturated carbocycles. The van der Waals surface area contributed by atoms with Gasteiger partial charge in [-0.25, -0.2) is 0 Å². The molecule has 0 atom stereocenters. The second-order valence-corrected chi connectivity index (χ2v) is 4.69. The van der Waals surface area contributed by atoms with Crippen LogP contribution in [0.4, 0.5) is 5.69 Å². The minimum atomic E-state index is 0.190. The molecule has 4 heteroatoms. The van der Waals surface area contributed by atoms with Gasteiger partial charge in [0.25, 0.3) is 0 Å². The van der Waals surface area contributed by atoms with E-state index in [1.807, 2.05) is 17.1 Å². The van der Waals surface area contributed by atoms with Crippen molar-refractivity contribution in [3.63, 3.8) is 0 Å². The molecule has 0 bridgehead atoms. The lowest BCUT2D eigenvalue weighted by molar-refractivity contribution is 0.435. The Morgan fingerprint density at radius 1 is 1.33 bits per heavy atom. The predicted octanol–water partition coefficient (Wildman–Crippen LogP) is 1.70. The minimum absolute atomic E-state index is 0.190. The van der Waals surface area contributed by atoms with Gasteiger partial charge in [-0.1, -0.05) is 0 Å². The van der Waals surface area contributed by atoms with Crippen molar-refractivity contribution >= 4 is 5.69 Å². The SMILES string of the molecule is CCn1cc(NCCNC(C)(C)C)cn1. The molecule has 1 rings (SSSR count). The van der Waals surface area contributed by atoms with Gasteiger partial charge in [-0.2, -0.15) is 5.10 Å². The Bertz CT molecular complexity index is 285. The molecule has 2 N–H and O–H groups in total. The summed E-state index contributed by atoms with van der Waals surface area (Å²) in [6.07, 6.45) is 3.89. The number of hydrogen-bond donors (Lipinski definition) is 2. The minimum Gasteiger partial charge on any atom is -0.381 e. The van der Waals surface area contributed by atoms with Crippen LogP contribution in [0.25, 0.3) is 0 Å². The molecule has 4 nitrogen and oxygen atoms in total. The van der Waals surface area contributed by atoms with E-state index in [1.165, 1.54) is 0 Å². The summed E-state index contributed by atoms with van der Waals surface area (Å²) in [4.78, 5) is 0. The normalized spacial score (nSPS) is 11.7. The summed E-state index contributed by atoms with van der Waals surface area (Å²) in [5, 5.41) is 10.9. The van der Waals surface area contributed by atoms with Crippen LogP contribution < -0.4 is 10.6 Å². The zero-order valence-electron chi connectivity index (χ0n) is 10.2. The first-order valence-electron chi connectivity index (χ1n) is 5.52. The predicted molar refractivity (Wildman–Crippen MR) is 64.1 cm³/mol. The molecular weight excluding hydrogens is 188 g/mol. The average Bonchev–Trinajstić information content (AvgIpc) is 2.59. The number of aromatic nitrogens is 2. The van der Waals surface area contributed by atoms with Crippen molar-refractivity contribution in [2.45, 2.75) is 39.8 Å². The Morgan fingerprint density at radius 3 is 2.60 bits per heavy atom. The molecule has 0 saturated heterocycles. The number of anilines is 1. The molecule has 0 unspecified atom stereocenters. The van der Waals surface area contributed by atoms with Gasteiger partial charge in [0.15, 0.2) is 0 Å². The van der Waals surface area contributed by atoms with E-state index in [0.717, 1.165) is 25.3 Å². The molecule has 1 aromatic heterocycles. The zero-order chi connectivity index (χ0) is 11.3. The van der Waals surface area contributed by atoms with Crippen LogP contribution in [0.15, 0.2) is 12.4 Å². The van der Waals surface area contributed by atoms with Gasteiger partial charge in [-0.15, -0.1) is 0 Å². The summed E-state index contributed by atoms with van der Waals surface area (Å²) in [5.41, 5.74) is 1.28. The molecule has 0 aliphatic rings. The van der Waals surface area contributed by atoms with E-state index >= 15 is 0 Å². The van der Waals surface area contributed by atoms with Crippen LogP contribution in [0, 0.1) is 0 Å². The van der Waals surface area contributed by atoms with E-state index in [2.05, 4.69) is 43.4 Å². The standard InChI is InChI=1S/C11H22N4/c1-5-15-9-10(8-14-15)12-6-7-13-11(2,3)4/h8-9,12-13H,5-7H2,1-4H3. The topological polar surface area (TPSA) is 41.9 Å². The number of aryl methyl sites for hydroxylation is 1. The third-order valence-electron chi connectivity index (χ3n) is 2.07. The maximum atomic E-state index is 4.20. The lowest BCUT2D eigenvalue weighted by Gasteiger charge is -2.20. The lowest BCUT2D eigenvalue weighted by atomic mass is 10.1. The van der Waals surface area contributed by atoms with Crippen molar-refractivity contribution in [1.29, 1.82) is 0 Å². The Kier molecular flexibility index (Phi) is 4.15. The van der Waals surface area contributed by atoms with E-state index in [0.29, 0.717) is 0 Å². The number of rotatable bonds is 5. The summed E-state index contributed by atoms with van der Waals surface area (Å²) in [5.74, 6) is 0. The Balaban J connectivity index is 2.20. The van der Waals surface area contributed by atoms with Crippen molar-refractivity contribution in [2.75, 3.05) is 18.4 Å². The largest absolute Gasteiger partial charge is 0.381 e. The van der Waals surface area contributed by atoms with Crippen LogP contribution in [-0.2, 0) is 6.54 Å². The molecule has 0 fully saturated rings. The molecule has 0 radical (unpaired) electrons. The second-order valence-electron chi connectivity index (χ2n) is 4.69. The Labute approximate surface area is 92.1 Å². The monoisotopic (exact) mass is 210 g/mol. The molecule has 0 aliphatic heterocycles. The van der Waals surface area contributed by atoms with Gasteiger partial charge in [0.2, 0.25) is 0 Å². The van der Waals surface area contributed by atoms with Gasteiger partial charge in [-0.3, -0.25) is 4.68 Å². The lowest BCUT2D eigenvalue weighted by Crippen LogP contribution is -2.38. The summed E-state index contributed by atoms with van der Waals surface area (Å²) in [7, 11) is 0. The maximum absolute atomic E-state index is 4.20. The first kappa shape index (κ1) is 12.0. The molecule has 15 heavy (non-hydrogen) atoms. The van der Waals surface area contributed by atoms with Crippen LogP contribution in [0.2, 0.25) is 0 Å². The molecular formula is C11H22N4. The van der Waals surface area contributed by atoms with Gasteiger partial charge < -0.3 is 10.6 Å². The van der Waals surface area contributed by atoms with Gasteiger partial charge >= 0.3 is 0 Å². The molecule has 1 aromatic rings. The van der Waals surface area contributed by atoms with Crippen molar-refractivity contribution in [2.24, 2.45) is 0 Å². The van der Waals surface area contributed by atoms with Crippen molar-refractivity contribution < 1.29 is 0 Å². The van der Waals surface area contributed by atoms with Gasteiger partial charge in [0, 0.05) is 31.4 Å². The first-order chi connectivity index (χ1) is 7.01. The fourth-order valence-electron chi connectivity index (χ4n) is 1.27. The highest BCUT2D eigenvalue weighted by Crippen LogP contribution is 2.03. The van der Waals surface area contributed by atoms with Crippen molar-refractivity contribution in [3.05, 3.63) is 12.4 Å². The summed E-state index contributed by atoms with van der Waals surface area (Å²) >= 11 is 0. The van der Waals surface area contributed by atoms with Crippen LogP contribution in [0.3, 0.4) is 0 Å². The maximum Gasteiger partial charge on any atom is 0.0726 e. The Morgan fingerprint density at radius 2 is 2.07 bits per heavy atom. The molecule has 0 aliphatic carbocycles. The van der Waals surface area contributed by atoms with Crippen LogP contribution in [0.5, 0.6) is 0 Å². The third-order valence-corrected chi connectivity index (χ3v) is 2.07. The summed E-state index contributed by atoms with van der Waals surface area (Å²) < 4.78 is 1.92. The van der Waals surface area contributed by atoms with Crippen LogP contribution in [0.1, 0.15) is 27.7 Å². The van der Waals surface area contributed by atoms with E-state index in [4.69, 9.17) is 0 Å². The van der Waals surface area contributed by atoms with Crippen molar-refractivity contribution in [1.82, 2.24) is 15.1 Å². The van der Waals surface area contributed by atoms with Crippen LogP contribution in [-0.4, -0.2) is 28.4 Å². The van der Waals surface area contributed by atoms with Gasteiger partial charge in [0.1, 0.15) is 0 Å². The summed E-state index contributed by atoms with van der Waals surface area (Å²) in [6.45, 7) is 11.4. The van der Waals surface area contributed by atoms with E-state index < -0.39 is 0 Å². The molecule has 1 heterocycles. The zero-order valence-corrected chi connectivity index (χ0v) is 10.2. The van der Waals surface area contributed by atoms with Crippen molar-refractivity contribution in [3.8, 4) is 0 Å². The fraction of sp³-hybridized carbons (Fsp3) is 0.727. The number of nitrogens with zero attached hydrogens (tertiary/aromatic N) is 2. The highest BCUT2D eigenvalue weighted by atomic mass is 15.3. The first-order valence-corrected chi connectivity index (χ1v) is 5.52. The summed E-state index contributed by atoms with van der Waals surface area (Å²) in [6, 6.07) is 0. The molecule has 0 aromatic carbocycles. The molecule has 0 amide bonds. The third kappa shape index (κ3) is 4.83. The number of hydrogen-bond acceptors (Lipinski definition) is 3. The number of nitrogens with one attached hydrogen (secondary N) is 2.